The van der Waals surface area contributed by atoms with Crippen molar-refractivity contribution in [2.45, 2.75) is 52.9 Å². The monoisotopic (exact) mass is 289 g/mol. The van der Waals surface area contributed by atoms with Crippen LogP contribution in [0.2, 0.25) is 0 Å². The molecule has 1 heterocycles. The van der Waals surface area contributed by atoms with Crippen molar-refractivity contribution in [1.29, 1.82) is 0 Å². The Bertz CT molecular complexity index is 400. The van der Waals surface area contributed by atoms with Gasteiger partial charge in [0.25, 0.3) is 0 Å². The van der Waals surface area contributed by atoms with E-state index in [1.54, 1.807) is 6.20 Å². The van der Waals surface area contributed by atoms with Gasteiger partial charge in [0.1, 0.15) is 0 Å². The summed E-state index contributed by atoms with van der Waals surface area (Å²) in [6.45, 7) is 11.5. The second-order valence-electron chi connectivity index (χ2n) is 7.37. The minimum Gasteiger partial charge on any atom is -0.316 e. The minimum atomic E-state index is 0.569. The van der Waals surface area contributed by atoms with E-state index in [0.29, 0.717) is 17.8 Å². The van der Waals surface area contributed by atoms with Crippen molar-refractivity contribution in [2.75, 3.05) is 13.1 Å². The Morgan fingerprint density at radius 2 is 2.00 bits per heavy atom. The summed E-state index contributed by atoms with van der Waals surface area (Å²) in [6.07, 6.45) is 9.54. The topological polar surface area (TPSA) is 37.8 Å². The first-order chi connectivity index (χ1) is 10.1. The summed E-state index contributed by atoms with van der Waals surface area (Å²) in [4.78, 5) is 8.89. The quantitative estimate of drug-likeness (QED) is 0.863. The van der Waals surface area contributed by atoms with Gasteiger partial charge in [-0.15, -0.1) is 0 Å². The maximum absolute atomic E-state index is 4.60. The molecule has 0 aliphatic heterocycles. The second-order valence-corrected chi connectivity index (χ2v) is 7.37. The molecule has 1 saturated carbocycles. The van der Waals surface area contributed by atoms with Crippen molar-refractivity contribution < 1.29 is 0 Å². The lowest BCUT2D eigenvalue weighted by Gasteiger charge is -2.37. The van der Waals surface area contributed by atoms with Crippen LogP contribution in [0.25, 0.3) is 0 Å². The van der Waals surface area contributed by atoms with Crippen LogP contribution in [0.4, 0.5) is 0 Å². The molecule has 118 valence electrons. The molecule has 0 radical (unpaired) electrons. The normalized spacial score (nSPS) is 26.5. The summed E-state index contributed by atoms with van der Waals surface area (Å²) in [7, 11) is 0. The molecule has 1 aromatic rings. The molecule has 3 heteroatoms. The van der Waals surface area contributed by atoms with Crippen LogP contribution < -0.4 is 5.32 Å². The fourth-order valence-corrected chi connectivity index (χ4v) is 3.54. The van der Waals surface area contributed by atoms with E-state index in [2.05, 4.69) is 43.0 Å². The van der Waals surface area contributed by atoms with Crippen molar-refractivity contribution in [3.05, 3.63) is 24.3 Å². The van der Waals surface area contributed by atoms with Gasteiger partial charge in [0, 0.05) is 24.5 Å². The molecule has 3 atom stereocenters. The number of rotatable bonds is 6. The van der Waals surface area contributed by atoms with Crippen molar-refractivity contribution in [3.8, 4) is 0 Å². The molecular formula is C18H31N3. The average Bonchev–Trinajstić information content (AvgIpc) is 2.48. The van der Waals surface area contributed by atoms with Gasteiger partial charge in [-0.3, -0.25) is 9.97 Å². The summed E-state index contributed by atoms with van der Waals surface area (Å²) in [5.41, 5.74) is 1.19. The Labute approximate surface area is 130 Å². The fourth-order valence-electron chi connectivity index (χ4n) is 3.54. The summed E-state index contributed by atoms with van der Waals surface area (Å²) >= 11 is 0. The lowest BCUT2D eigenvalue weighted by Crippen LogP contribution is -2.35. The molecule has 1 aromatic heterocycles. The summed E-state index contributed by atoms with van der Waals surface area (Å²) in [6, 6.07) is 0. The van der Waals surface area contributed by atoms with E-state index in [1.165, 1.54) is 25.0 Å². The van der Waals surface area contributed by atoms with Crippen LogP contribution in [0, 0.1) is 23.7 Å². The van der Waals surface area contributed by atoms with E-state index >= 15 is 0 Å². The Balaban J connectivity index is 2.03. The third kappa shape index (κ3) is 4.77. The highest BCUT2D eigenvalue weighted by molar-refractivity contribution is 5.08. The average molecular weight is 289 g/mol. The predicted octanol–water partition coefficient (Wildman–Crippen LogP) is 3.88. The van der Waals surface area contributed by atoms with Crippen LogP contribution in [-0.4, -0.2) is 23.1 Å². The van der Waals surface area contributed by atoms with E-state index in [-0.39, 0.29) is 0 Å². The molecule has 0 spiro atoms. The highest BCUT2D eigenvalue weighted by Gasteiger charge is 2.33. The highest BCUT2D eigenvalue weighted by atomic mass is 14.9. The number of aromatic nitrogens is 2. The van der Waals surface area contributed by atoms with Crippen molar-refractivity contribution in [2.24, 2.45) is 23.7 Å². The molecule has 1 fully saturated rings. The Kier molecular flexibility index (Phi) is 6.16. The lowest BCUT2D eigenvalue weighted by molar-refractivity contribution is 0.187. The molecule has 21 heavy (non-hydrogen) atoms. The maximum Gasteiger partial charge on any atom is 0.0620 e. The van der Waals surface area contributed by atoms with Crippen LogP contribution in [0.15, 0.2) is 18.6 Å². The molecular weight excluding hydrogens is 258 g/mol. The van der Waals surface area contributed by atoms with E-state index in [9.17, 15) is 0 Å². The summed E-state index contributed by atoms with van der Waals surface area (Å²) in [5, 5.41) is 3.65. The summed E-state index contributed by atoms with van der Waals surface area (Å²) < 4.78 is 0. The molecule has 0 amide bonds. The Morgan fingerprint density at radius 3 is 2.62 bits per heavy atom. The smallest absolute Gasteiger partial charge is 0.0620 e. The molecule has 0 aromatic carbocycles. The van der Waals surface area contributed by atoms with Gasteiger partial charge in [-0.25, -0.2) is 0 Å². The number of nitrogens with zero attached hydrogens (tertiary/aromatic N) is 2. The number of hydrogen-bond acceptors (Lipinski definition) is 3. The van der Waals surface area contributed by atoms with Gasteiger partial charge in [-0.1, -0.05) is 27.7 Å². The van der Waals surface area contributed by atoms with Gasteiger partial charge in [0.15, 0.2) is 0 Å². The van der Waals surface area contributed by atoms with Crippen LogP contribution in [0.5, 0.6) is 0 Å². The molecule has 3 unspecified atom stereocenters. The molecule has 2 rings (SSSR count). The fraction of sp³-hybridized carbons (Fsp3) is 0.778. The Morgan fingerprint density at radius 1 is 1.19 bits per heavy atom. The van der Waals surface area contributed by atoms with E-state index < -0.39 is 0 Å². The predicted molar refractivity (Wildman–Crippen MR) is 88.1 cm³/mol. The first kappa shape index (κ1) is 16.4. The molecule has 1 aliphatic rings. The molecule has 1 aliphatic carbocycles. The first-order valence-corrected chi connectivity index (χ1v) is 8.54. The zero-order chi connectivity index (χ0) is 15.2. The van der Waals surface area contributed by atoms with Crippen molar-refractivity contribution >= 4 is 0 Å². The molecule has 3 nitrogen and oxygen atoms in total. The van der Waals surface area contributed by atoms with Crippen LogP contribution >= 0.6 is 0 Å². The van der Waals surface area contributed by atoms with Gasteiger partial charge in [0.05, 0.1) is 5.69 Å². The van der Waals surface area contributed by atoms with Crippen molar-refractivity contribution in [1.82, 2.24) is 15.3 Å². The van der Waals surface area contributed by atoms with Gasteiger partial charge in [-0.05, 0) is 56.0 Å². The zero-order valence-corrected chi connectivity index (χ0v) is 14.0. The number of nitrogens with one attached hydrogen (secondary N) is 1. The van der Waals surface area contributed by atoms with Gasteiger partial charge in [-0.2, -0.15) is 0 Å². The van der Waals surface area contributed by atoms with E-state index in [0.717, 1.165) is 24.9 Å². The number of hydrogen-bond donors (Lipinski definition) is 1. The molecule has 0 saturated heterocycles. The van der Waals surface area contributed by atoms with Gasteiger partial charge in [0.2, 0.25) is 0 Å². The van der Waals surface area contributed by atoms with Crippen LogP contribution in [0.1, 0.15) is 58.6 Å². The maximum atomic E-state index is 4.60. The third-order valence-corrected chi connectivity index (χ3v) is 4.90. The highest BCUT2D eigenvalue weighted by Crippen LogP contribution is 2.42. The van der Waals surface area contributed by atoms with Crippen molar-refractivity contribution in [3.63, 3.8) is 0 Å². The van der Waals surface area contributed by atoms with Gasteiger partial charge >= 0.3 is 0 Å². The molecule has 1 N–H and O–H groups in total. The van der Waals surface area contributed by atoms with Crippen LogP contribution in [0.3, 0.4) is 0 Å². The zero-order valence-electron chi connectivity index (χ0n) is 14.0. The Hall–Kier alpha value is -0.960. The van der Waals surface area contributed by atoms with Crippen LogP contribution in [-0.2, 0) is 0 Å². The standard InChI is InChI=1S/C18H31N3/c1-13(2)10-20-11-16-6-5-15(14(3)4)9-17(16)18-12-19-7-8-21-18/h7-8,12-17,20H,5-6,9-11H2,1-4H3. The lowest BCUT2D eigenvalue weighted by atomic mass is 9.69. The third-order valence-electron chi connectivity index (χ3n) is 4.90. The van der Waals surface area contributed by atoms with Gasteiger partial charge < -0.3 is 5.32 Å². The summed E-state index contributed by atoms with van der Waals surface area (Å²) in [5.74, 6) is 3.59. The molecule has 0 bridgehead atoms. The first-order valence-electron chi connectivity index (χ1n) is 8.54. The largest absolute Gasteiger partial charge is 0.316 e. The van der Waals surface area contributed by atoms with E-state index in [1.807, 2.05) is 12.4 Å². The van der Waals surface area contributed by atoms with E-state index in [4.69, 9.17) is 0 Å². The minimum absolute atomic E-state index is 0.569. The SMILES string of the molecule is CC(C)CNCC1CCC(C(C)C)CC1c1cnccn1. The second kappa shape index (κ2) is 7.88.